The minimum absolute atomic E-state index is 0.00398. The molecule has 2 aliphatic rings. The molecule has 22 heteroatoms. The van der Waals surface area contributed by atoms with E-state index in [9.17, 15) is 23.9 Å². The number of phosphoric ester groups is 2. The maximum atomic E-state index is 12.9. The molecule has 224 valence electrons. The SMILES string of the molecule is Nc1ccn(C2CC(O)C(COP(=O)(O)OC3CC(n4cnc5c(N)ncnc54)OC3COP(=O)(O)O)O2)c(=O)n1. The van der Waals surface area contributed by atoms with E-state index >= 15 is 0 Å². The van der Waals surface area contributed by atoms with Crippen LogP contribution in [0.3, 0.4) is 0 Å². The molecule has 2 fully saturated rings. The van der Waals surface area contributed by atoms with Gasteiger partial charge in [-0.25, -0.2) is 28.9 Å². The van der Waals surface area contributed by atoms with Gasteiger partial charge >= 0.3 is 21.3 Å². The summed E-state index contributed by atoms with van der Waals surface area (Å²) in [6.45, 7) is -1.31. The predicted octanol–water partition coefficient (Wildman–Crippen LogP) is -1.20. The first kappa shape index (κ1) is 29.6. The Morgan fingerprint density at radius 3 is 2.44 bits per heavy atom. The minimum Gasteiger partial charge on any atom is -0.390 e. The second-order valence-electron chi connectivity index (χ2n) is 9.12. The zero-order chi connectivity index (χ0) is 29.5. The lowest BCUT2D eigenvalue weighted by atomic mass is 10.2. The van der Waals surface area contributed by atoms with Crippen molar-refractivity contribution in [3.05, 3.63) is 35.4 Å². The van der Waals surface area contributed by atoms with Gasteiger partial charge in [0.1, 0.15) is 48.4 Å². The van der Waals surface area contributed by atoms with Crippen LogP contribution in [0.5, 0.6) is 0 Å². The molecule has 0 bridgehead atoms. The number of fused-ring (bicyclic) bond motifs is 1. The van der Waals surface area contributed by atoms with E-state index in [1.54, 1.807) is 0 Å². The van der Waals surface area contributed by atoms with Gasteiger partial charge in [0.2, 0.25) is 0 Å². The summed E-state index contributed by atoms with van der Waals surface area (Å²) in [5, 5.41) is 10.4. The first-order valence-electron chi connectivity index (χ1n) is 11.9. The molecule has 41 heavy (non-hydrogen) atoms. The lowest BCUT2D eigenvalue weighted by Crippen LogP contribution is -2.30. The maximum Gasteiger partial charge on any atom is 0.472 e. The van der Waals surface area contributed by atoms with Crippen molar-refractivity contribution in [1.82, 2.24) is 29.1 Å². The Bertz CT molecular complexity index is 1560. The summed E-state index contributed by atoms with van der Waals surface area (Å²) in [7, 11) is -9.81. The Morgan fingerprint density at radius 1 is 1.00 bits per heavy atom. The number of aliphatic hydroxyl groups excluding tert-OH is 1. The average molecular weight is 620 g/mol. The molecule has 7 unspecified atom stereocenters. The summed E-state index contributed by atoms with van der Waals surface area (Å²) in [6, 6.07) is 1.37. The van der Waals surface area contributed by atoms with Crippen LogP contribution >= 0.6 is 15.6 Å². The van der Waals surface area contributed by atoms with Crippen molar-refractivity contribution in [3.63, 3.8) is 0 Å². The van der Waals surface area contributed by atoms with Crippen molar-refractivity contribution in [2.24, 2.45) is 0 Å². The van der Waals surface area contributed by atoms with Crippen LogP contribution in [0.4, 0.5) is 11.6 Å². The molecule has 5 heterocycles. The number of ether oxygens (including phenoxy) is 2. The van der Waals surface area contributed by atoms with E-state index in [-0.39, 0.29) is 35.6 Å². The fourth-order valence-electron chi connectivity index (χ4n) is 4.43. The quantitative estimate of drug-likeness (QED) is 0.145. The molecule has 0 aromatic carbocycles. The van der Waals surface area contributed by atoms with Crippen molar-refractivity contribution < 1.29 is 52.0 Å². The van der Waals surface area contributed by atoms with Gasteiger partial charge in [0.15, 0.2) is 11.5 Å². The molecular formula is C19H26N8O12P2. The van der Waals surface area contributed by atoms with Gasteiger partial charge in [0.25, 0.3) is 0 Å². The average Bonchev–Trinajstić information content (AvgIpc) is 3.58. The molecule has 7 atom stereocenters. The van der Waals surface area contributed by atoms with Crippen LogP contribution in [0.2, 0.25) is 0 Å². The number of aliphatic hydroxyl groups is 1. The molecule has 2 aliphatic heterocycles. The molecule has 0 amide bonds. The van der Waals surface area contributed by atoms with Crippen LogP contribution in [-0.2, 0) is 32.2 Å². The number of nitrogens with two attached hydrogens (primary N) is 2. The molecule has 2 saturated heterocycles. The fourth-order valence-corrected chi connectivity index (χ4v) is 5.73. The summed E-state index contributed by atoms with van der Waals surface area (Å²) < 4.78 is 53.0. The highest BCUT2D eigenvalue weighted by Gasteiger charge is 2.44. The largest absolute Gasteiger partial charge is 0.472 e. The topological polar surface area (TPSA) is 292 Å². The number of hydrogen-bond donors (Lipinski definition) is 6. The monoisotopic (exact) mass is 620 g/mol. The number of aromatic nitrogens is 6. The number of phosphoric acid groups is 2. The van der Waals surface area contributed by atoms with E-state index in [2.05, 4.69) is 24.5 Å². The molecule has 0 saturated carbocycles. The Balaban J connectivity index is 1.26. The van der Waals surface area contributed by atoms with Gasteiger partial charge in [-0.05, 0) is 6.07 Å². The molecule has 0 aliphatic carbocycles. The van der Waals surface area contributed by atoms with Crippen molar-refractivity contribution in [2.75, 3.05) is 24.7 Å². The van der Waals surface area contributed by atoms with Crippen LogP contribution in [0.25, 0.3) is 11.2 Å². The summed E-state index contributed by atoms with van der Waals surface area (Å²) in [5.41, 5.74) is 11.1. The molecule has 20 nitrogen and oxygen atoms in total. The lowest BCUT2D eigenvalue weighted by Gasteiger charge is -2.22. The van der Waals surface area contributed by atoms with Crippen LogP contribution < -0.4 is 17.2 Å². The van der Waals surface area contributed by atoms with Gasteiger partial charge < -0.3 is 40.7 Å². The Kier molecular flexibility index (Phi) is 8.25. The molecule has 3 aromatic heterocycles. The van der Waals surface area contributed by atoms with Gasteiger partial charge in [0, 0.05) is 19.0 Å². The highest BCUT2D eigenvalue weighted by molar-refractivity contribution is 7.47. The lowest BCUT2D eigenvalue weighted by molar-refractivity contribution is -0.0562. The van der Waals surface area contributed by atoms with E-state index in [0.717, 1.165) is 4.57 Å². The smallest absolute Gasteiger partial charge is 0.390 e. The predicted molar refractivity (Wildman–Crippen MR) is 134 cm³/mol. The third kappa shape index (κ3) is 6.79. The summed E-state index contributed by atoms with van der Waals surface area (Å²) in [5.74, 6) is 0.106. The number of rotatable bonds is 10. The number of hydrogen-bond acceptors (Lipinski definition) is 15. The number of nitrogens with zero attached hydrogens (tertiary/aromatic N) is 6. The Hall–Kier alpha value is -2.87. The Morgan fingerprint density at radius 2 is 1.71 bits per heavy atom. The molecular weight excluding hydrogens is 594 g/mol. The second-order valence-corrected chi connectivity index (χ2v) is 11.8. The highest BCUT2D eigenvalue weighted by Crippen LogP contribution is 2.50. The van der Waals surface area contributed by atoms with E-state index < -0.39 is 71.4 Å². The first-order chi connectivity index (χ1) is 19.3. The summed E-state index contributed by atoms with van der Waals surface area (Å²) in [4.78, 5) is 56.5. The zero-order valence-corrected chi connectivity index (χ0v) is 22.7. The van der Waals surface area contributed by atoms with Crippen molar-refractivity contribution in [3.8, 4) is 0 Å². The summed E-state index contributed by atoms with van der Waals surface area (Å²) >= 11 is 0. The summed E-state index contributed by atoms with van der Waals surface area (Å²) in [6.07, 6.45) is -2.91. The van der Waals surface area contributed by atoms with Crippen LogP contribution in [-0.4, -0.2) is 86.5 Å². The van der Waals surface area contributed by atoms with Crippen molar-refractivity contribution in [1.29, 1.82) is 0 Å². The number of anilines is 2. The van der Waals surface area contributed by atoms with Crippen molar-refractivity contribution in [2.45, 2.75) is 49.7 Å². The van der Waals surface area contributed by atoms with E-state index in [1.165, 1.54) is 29.5 Å². The molecule has 3 aromatic rings. The van der Waals surface area contributed by atoms with E-state index in [0.29, 0.717) is 0 Å². The van der Waals surface area contributed by atoms with Gasteiger partial charge in [0.05, 0.1) is 25.6 Å². The van der Waals surface area contributed by atoms with Gasteiger partial charge in [-0.3, -0.25) is 22.7 Å². The van der Waals surface area contributed by atoms with Crippen LogP contribution in [0.15, 0.2) is 29.7 Å². The zero-order valence-electron chi connectivity index (χ0n) is 20.9. The van der Waals surface area contributed by atoms with Gasteiger partial charge in [-0.15, -0.1) is 0 Å². The first-order valence-corrected chi connectivity index (χ1v) is 14.9. The van der Waals surface area contributed by atoms with Gasteiger partial charge in [-0.1, -0.05) is 0 Å². The molecule has 0 spiro atoms. The standard InChI is InChI=1S/C19H26N8O12P2/c20-13-1-2-26(19(29)25-13)14-3-9(28)11(37-14)5-36-41(33,34)39-10-4-15(38-12(10)6-35-40(30,31)32)27-8-24-16-17(21)22-7-23-18(16)27/h1-2,7-12,14-15,28H,3-6H2,(H,33,34)(H2,20,25,29)(H2,21,22,23)(H2,30,31,32). The minimum atomic E-state index is -4.93. The molecule has 5 rings (SSSR count). The fraction of sp³-hybridized carbons (Fsp3) is 0.526. The van der Waals surface area contributed by atoms with E-state index in [1.807, 2.05) is 0 Å². The second kappa shape index (κ2) is 11.4. The number of nitrogen functional groups attached to an aromatic ring is 2. The normalized spacial score (nSPS) is 28.3. The van der Waals surface area contributed by atoms with Crippen LogP contribution in [0, 0.1) is 0 Å². The maximum absolute atomic E-state index is 12.9. The van der Waals surface area contributed by atoms with Crippen LogP contribution in [0.1, 0.15) is 25.3 Å². The molecule has 0 radical (unpaired) electrons. The number of imidazole rings is 1. The van der Waals surface area contributed by atoms with Crippen molar-refractivity contribution >= 4 is 38.4 Å². The third-order valence-corrected chi connectivity index (χ3v) is 7.82. The highest BCUT2D eigenvalue weighted by atomic mass is 31.2. The van der Waals surface area contributed by atoms with E-state index in [4.69, 9.17) is 39.8 Å². The molecule has 8 N–H and O–H groups in total. The third-order valence-electron chi connectivity index (χ3n) is 6.32. The Labute approximate surface area is 229 Å². The van der Waals surface area contributed by atoms with Gasteiger partial charge in [-0.2, -0.15) is 4.98 Å².